The van der Waals surface area contributed by atoms with Crippen molar-refractivity contribution in [3.63, 3.8) is 0 Å². The normalized spacial score (nSPS) is 11.5. The average molecular weight is 236 g/mol. The smallest absolute Gasteiger partial charge is 0.285 e. The van der Waals surface area contributed by atoms with Crippen LogP contribution < -0.4 is 10.1 Å². The number of halogens is 3. The van der Waals surface area contributed by atoms with E-state index in [1.54, 1.807) is 0 Å². The van der Waals surface area contributed by atoms with Crippen molar-refractivity contribution < 1.29 is 13.5 Å². The molecule has 1 aromatic rings. The van der Waals surface area contributed by atoms with Crippen molar-refractivity contribution in [2.75, 3.05) is 20.7 Å². The number of benzene rings is 1. The van der Waals surface area contributed by atoms with E-state index in [1.165, 1.54) is 32.4 Å². The average Bonchev–Trinajstić information content (AvgIpc) is 2.17. The van der Waals surface area contributed by atoms with Gasteiger partial charge < -0.3 is 10.1 Å². The molecule has 5 heteroatoms. The standard InChI is InChI=1S/C10H12ClF2NO/c1-14-6-10(12,13)7-3-4-9(15-2)8(11)5-7/h3-5,14H,6H2,1-2H3. The van der Waals surface area contributed by atoms with E-state index >= 15 is 0 Å². The van der Waals surface area contributed by atoms with Gasteiger partial charge in [-0.1, -0.05) is 11.6 Å². The molecule has 0 heterocycles. The molecule has 84 valence electrons. The number of alkyl halides is 2. The lowest BCUT2D eigenvalue weighted by molar-refractivity contribution is -0.00127. The lowest BCUT2D eigenvalue weighted by atomic mass is 10.1. The number of hydrogen-bond acceptors (Lipinski definition) is 2. The monoisotopic (exact) mass is 235 g/mol. The molecular weight excluding hydrogens is 224 g/mol. The summed E-state index contributed by atoms with van der Waals surface area (Å²) in [4.78, 5) is 0. The minimum atomic E-state index is -2.93. The second-order valence-electron chi connectivity index (χ2n) is 3.08. The summed E-state index contributed by atoms with van der Waals surface area (Å²) in [6.07, 6.45) is 0. The molecule has 0 bridgehead atoms. The highest BCUT2D eigenvalue weighted by atomic mass is 35.5. The molecule has 0 aliphatic carbocycles. The molecule has 1 rings (SSSR count). The fourth-order valence-electron chi connectivity index (χ4n) is 1.22. The summed E-state index contributed by atoms with van der Waals surface area (Å²) >= 11 is 5.76. The molecular formula is C10H12ClF2NO. The van der Waals surface area contributed by atoms with Gasteiger partial charge in [0.15, 0.2) is 0 Å². The molecule has 0 aromatic heterocycles. The fraction of sp³-hybridized carbons (Fsp3) is 0.400. The third kappa shape index (κ3) is 2.79. The third-order valence-electron chi connectivity index (χ3n) is 1.97. The van der Waals surface area contributed by atoms with Gasteiger partial charge in [-0.3, -0.25) is 0 Å². The van der Waals surface area contributed by atoms with Crippen molar-refractivity contribution in [1.82, 2.24) is 5.32 Å². The van der Waals surface area contributed by atoms with Crippen molar-refractivity contribution in [2.24, 2.45) is 0 Å². The van der Waals surface area contributed by atoms with E-state index in [9.17, 15) is 8.78 Å². The molecule has 0 fully saturated rings. The minimum absolute atomic E-state index is 0.123. The predicted octanol–water partition coefficient (Wildman–Crippen LogP) is 2.66. The van der Waals surface area contributed by atoms with E-state index in [4.69, 9.17) is 16.3 Å². The summed E-state index contributed by atoms with van der Waals surface area (Å²) in [5.41, 5.74) is -0.123. The van der Waals surface area contributed by atoms with Gasteiger partial charge in [0.1, 0.15) is 5.75 Å². The number of ether oxygens (including phenoxy) is 1. The van der Waals surface area contributed by atoms with Crippen LogP contribution in [-0.4, -0.2) is 20.7 Å². The number of hydrogen-bond donors (Lipinski definition) is 1. The van der Waals surface area contributed by atoms with Crippen LogP contribution in [0.3, 0.4) is 0 Å². The van der Waals surface area contributed by atoms with Gasteiger partial charge in [-0.2, -0.15) is 8.78 Å². The van der Waals surface area contributed by atoms with Gasteiger partial charge in [-0.05, 0) is 25.2 Å². The van der Waals surface area contributed by atoms with Crippen LogP contribution >= 0.6 is 11.6 Å². The zero-order valence-electron chi connectivity index (χ0n) is 8.48. The fourth-order valence-corrected chi connectivity index (χ4v) is 1.48. The molecule has 0 saturated heterocycles. The molecule has 2 nitrogen and oxygen atoms in total. The molecule has 0 aliphatic rings. The summed E-state index contributed by atoms with van der Waals surface area (Å²) < 4.78 is 31.7. The zero-order chi connectivity index (χ0) is 11.5. The predicted molar refractivity (Wildman–Crippen MR) is 55.8 cm³/mol. The van der Waals surface area contributed by atoms with Gasteiger partial charge in [0.2, 0.25) is 0 Å². The van der Waals surface area contributed by atoms with Gasteiger partial charge in [0.25, 0.3) is 5.92 Å². The summed E-state index contributed by atoms with van der Waals surface area (Å²) in [7, 11) is 2.91. The highest BCUT2D eigenvalue weighted by molar-refractivity contribution is 6.32. The van der Waals surface area contributed by atoms with E-state index in [0.717, 1.165) is 0 Å². The van der Waals surface area contributed by atoms with Crippen LogP contribution in [0.25, 0.3) is 0 Å². The van der Waals surface area contributed by atoms with E-state index in [0.29, 0.717) is 5.75 Å². The molecule has 0 radical (unpaired) electrons. The molecule has 0 aliphatic heterocycles. The molecule has 0 spiro atoms. The van der Waals surface area contributed by atoms with Crippen molar-refractivity contribution in [1.29, 1.82) is 0 Å². The van der Waals surface area contributed by atoms with Crippen molar-refractivity contribution >= 4 is 11.6 Å². The molecule has 15 heavy (non-hydrogen) atoms. The largest absolute Gasteiger partial charge is 0.495 e. The highest BCUT2D eigenvalue weighted by Crippen LogP contribution is 2.33. The minimum Gasteiger partial charge on any atom is -0.495 e. The Hall–Kier alpha value is -0.870. The highest BCUT2D eigenvalue weighted by Gasteiger charge is 2.31. The van der Waals surface area contributed by atoms with Gasteiger partial charge in [0.05, 0.1) is 18.7 Å². The number of methoxy groups -OCH3 is 1. The maximum Gasteiger partial charge on any atom is 0.285 e. The van der Waals surface area contributed by atoms with Crippen molar-refractivity contribution in [3.05, 3.63) is 28.8 Å². The Kier molecular flexibility index (Phi) is 3.88. The summed E-state index contributed by atoms with van der Waals surface area (Å²) in [5, 5.41) is 2.62. The Morgan fingerprint density at radius 1 is 1.47 bits per heavy atom. The number of rotatable bonds is 4. The first kappa shape index (κ1) is 12.2. The van der Waals surface area contributed by atoms with Gasteiger partial charge >= 0.3 is 0 Å². The van der Waals surface area contributed by atoms with Crippen molar-refractivity contribution in [3.8, 4) is 5.75 Å². The Balaban J connectivity index is 3.01. The number of likely N-dealkylation sites (N-methyl/N-ethyl adjacent to an activating group) is 1. The molecule has 0 amide bonds. The Labute approximate surface area is 92.2 Å². The molecule has 1 aromatic carbocycles. The molecule has 0 atom stereocenters. The van der Waals surface area contributed by atoms with Crippen LogP contribution in [0.2, 0.25) is 5.02 Å². The Morgan fingerprint density at radius 3 is 2.60 bits per heavy atom. The molecule has 1 N–H and O–H groups in total. The SMILES string of the molecule is CNCC(F)(F)c1ccc(OC)c(Cl)c1. The Morgan fingerprint density at radius 2 is 2.13 bits per heavy atom. The maximum absolute atomic E-state index is 13.4. The summed E-state index contributed by atoms with van der Waals surface area (Å²) in [6, 6.07) is 3.96. The van der Waals surface area contributed by atoms with Crippen LogP contribution in [0.15, 0.2) is 18.2 Å². The number of nitrogens with one attached hydrogen (secondary N) is 1. The second kappa shape index (κ2) is 4.77. The van der Waals surface area contributed by atoms with Gasteiger partial charge in [-0.25, -0.2) is 0 Å². The quantitative estimate of drug-likeness (QED) is 0.866. The first-order valence-corrected chi connectivity index (χ1v) is 4.75. The van der Waals surface area contributed by atoms with Crippen LogP contribution in [0.1, 0.15) is 5.56 Å². The molecule has 0 saturated carbocycles. The van der Waals surface area contributed by atoms with Crippen LogP contribution in [0.4, 0.5) is 8.78 Å². The summed E-state index contributed by atoms with van der Waals surface area (Å²) in [5.74, 6) is -2.54. The Bertz CT molecular complexity index is 344. The lowest BCUT2D eigenvalue weighted by Crippen LogP contribution is -2.28. The van der Waals surface area contributed by atoms with E-state index in [2.05, 4.69) is 5.32 Å². The first-order chi connectivity index (χ1) is 7.01. The molecule has 0 unspecified atom stereocenters. The van der Waals surface area contributed by atoms with E-state index < -0.39 is 12.5 Å². The zero-order valence-corrected chi connectivity index (χ0v) is 9.24. The van der Waals surface area contributed by atoms with Gasteiger partial charge in [-0.15, -0.1) is 0 Å². The van der Waals surface area contributed by atoms with Crippen LogP contribution in [0.5, 0.6) is 5.75 Å². The maximum atomic E-state index is 13.4. The van der Waals surface area contributed by atoms with E-state index in [-0.39, 0.29) is 10.6 Å². The summed E-state index contributed by atoms with van der Waals surface area (Å²) in [6.45, 7) is -0.421. The van der Waals surface area contributed by atoms with Gasteiger partial charge in [0, 0.05) is 5.56 Å². The topological polar surface area (TPSA) is 21.3 Å². The van der Waals surface area contributed by atoms with Crippen LogP contribution in [-0.2, 0) is 5.92 Å². The van der Waals surface area contributed by atoms with Crippen LogP contribution in [0, 0.1) is 0 Å². The van der Waals surface area contributed by atoms with E-state index in [1.807, 2.05) is 0 Å². The first-order valence-electron chi connectivity index (χ1n) is 4.37. The third-order valence-corrected chi connectivity index (χ3v) is 2.27. The van der Waals surface area contributed by atoms with Crippen molar-refractivity contribution in [2.45, 2.75) is 5.92 Å². The lowest BCUT2D eigenvalue weighted by Gasteiger charge is -2.17. The second-order valence-corrected chi connectivity index (χ2v) is 3.49.